The van der Waals surface area contributed by atoms with Crippen molar-refractivity contribution in [3.63, 3.8) is 0 Å². The molecule has 0 aliphatic carbocycles. The molecule has 8 nitrogen and oxygen atoms in total. The van der Waals surface area contributed by atoms with Crippen LogP contribution in [0.15, 0.2) is 29.4 Å². The van der Waals surface area contributed by atoms with Gasteiger partial charge in [0.25, 0.3) is 5.91 Å². The first kappa shape index (κ1) is 19.8. The molecule has 1 aromatic rings. The fourth-order valence-electron chi connectivity index (χ4n) is 3.98. The number of carbonyl (C=O) groups excluding carboxylic acids is 2. The summed E-state index contributed by atoms with van der Waals surface area (Å²) >= 11 is 0. The fourth-order valence-corrected chi connectivity index (χ4v) is 5.67. The Hall–Kier alpha value is -2.49. The normalized spacial score (nSPS) is 24.6. The summed E-state index contributed by atoms with van der Waals surface area (Å²) in [6.45, 7) is 2.24. The van der Waals surface area contributed by atoms with E-state index in [4.69, 9.17) is 0 Å². The first-order valence-electron chi connectivity index (χ1n) is 9.72. The van der Waals surface area contributed by atoms with E-state index < -0.39 is 15.9 Å². The number of benzene rings is 1. The van der Waals surface area contributed by atoms with E-state index in [1.807, 2.05) is 0 Å². The molecule has 2 fully saturated rings. The zero-order valence-corrected chi connectivity index (χ0v) is 16.8. The van der Waals surface area contributed by atoms with E-state index in [2.05, 4.69) is 10.0 Å². The SMILES string of the molecule is O=C(C1=NN([C@H]2CCS(=O)(=O)C2)C(=O)CC1)N1CCN(c2ccc(F)cc2)CC1. The lowest BCUT2D eigenvalue weighted by Gasteiger charge is -2.37. The second kappa shape index (κ2) is 7.74. The number of hydrogen-bond donors (Lipinski definition) is 0. The van der Waals surface area contributed by atoms with Gasteiger partial charge in [-0.1, -0.05) is 0 Å². The number of rotatable bonds is 3. The van der Waals surface area contributed by atoms with E-state index in [1.54, 1.807) is 17.0 Å². The van der Waals surface area contributed by atoms with Crippen molar-refractivity contribution in [1.82, 2.24) is 9.91 Å². The van der Waals surface area contributed by atoms with Crippen LogP contribution in [0.1, 0.15) is 19.3 Å². The van der Waals surface area contributed by atoms with Crippen LogP contribution in [0.3, 0.4) is 0 Å². The summed E-state index contributed by atoms with van der Waals surface area (Å²) in [6, 6.07) is 5.79. The average Bonchev–Trinajstić information content (AvgIpc) is 3.08. The minimum absolute atomic E-state index is 0.0472. The maximum absolute atomic E-state index is 13.1. The maximum Gasteiger partial charge on any atom is 0.270 e. The smallest absolute Gasteiger partial charge is 0.270 e. The Balaban J connectivity index is 1.41. The zero-order valence-electron chi connectivity index (χ0n) is 16.0. The third-order valence-corrected chi connectivity index (χ3v) is 7.37. The van der Waals surface area contributed by atoms with Crippen LogP contribution in [0, 0.1) is 5.82 Å². The predicted octanol–water partition coefficient (Wildman–Crippen LogP) is 0.640. The number of carbonyl (C=O) groups is 2. The number of hydrogen-bond acceptors (Lipinski definition) is 6. The molecule has 29 heavy (non-hydrogen) atoms. The molecule has 0 unspecified atom stereocenters. The highest BCUT2D eigenvalue weighted by atomic mass is 32.2. The summed E-state index contributed by atoms with van der Waals surface area (Å²) in [7, 11) is -3.15. The second-order valence-electron chi connectivity index (χ2n) is 7.60. The molecule has 3 aliphatic rings. The lowest BCUT2D eigenvalue weighted by Crippen LogP contribution is -2.52. The minimum Gasteiger partial charge on any atom is -0.368 e. The number of piperazine rings is 1. The van der Waals surface area contributed by atoms with Crippen LogP contribution < -0.4 is 4.90 Å². The molecule has 156 valence electrons. The van der Waals surface area contributed by atoms with Crippen molar-refractivity contribution in [2.24, 2.45) is 5.10 Å². The van der Waals surface area contributed by atoms with Gasteiger partial charge in [-0.15, -0.1) is 0 Å². The predicted molar refractivity (Wildman–Crippen MR) is 106 cm³/mol. The number of hydrazone groups is 1. The summed E-state index contributed by atoms with van der Waals surface area (Å²) in [4.78, 5) is 28.9. The molecule has 0 radical (unpaired) electrons. The third-order valence-electron chi connectivity index (χ3n) is 5.62. The summed E-state index contributed by atoms with van der Waals surface area (Å²) in [5, 5.41) is 5.48. The molecule has 3 aliphatic heterocycles. The van der Waals surface area contributed by atoms with Gasteiger partial charge in [-0.3, -0.25) is 9.59 Å². The highest BCUT2D eigenvalue weighted by Crippen LogP contribution is 2.23. The monoisotopic (exact) mass is 422 g/mol. The Morgan fingerprint density at radius 1 is 1.07 bits per heavy atom. The van der Waals surface area contributed by atoms with Gasteiger partial charge >= 0.3 is 0 Å². The molecule has 3 heterocycles. The van der Waals surface area contributed by atoms with Crippen LogP contribution in [0.2, 0.25) is 0 Å². The van der Waals surface area contributed by atoms with Crippen LogP contribution in [-0.4, -0.2) is 79.6 Å². The van der Waals surface area contributed by atoms with Gasteiger partial charge in [0.05, 0.1) is 17.5 Å². The van der Waals surface area contributed by atoms with Gasteiger partial charge in [-0.2, -0.15) is 5.10 Å². The zero-order chi connectivity index (χ0) is 20.6. The van der Waals surface area contributed by atoms with Gasteiger partial charge in [0.2, 0.25) is 5.91 Å². The molecule has 0 saturated carbocycles. The van der Waals surface area contributed by atoms with E-state index in [-0.39, 0.29) is 42.0 Å². The van der Waals surface area contributed by atoms with E-state index in [1.165, 1.54) is 17.1 Å². The Bertz CT molecular complexity index is 939. The molecule has 0 N–H and O–H groups in total. The van der Waals surface area contributed by atoms with Gasteiger partial charge in [-0.05, 0) is 30.7 Å². The fraction of sp³-hybridized carbons (Fsp3) is 0.526. The van der Waals surface area contributed by atoms with Gasteiger partial charge in [0.1, 0.15) is 11.5 Å². The molecular weight excluding hydrogens is 399 g/mol. The Labute approximate surface area is 168 Å². The van der Waals surface area contributed by atoms with Crippen molar-refractivity contribution in [2.75, 3.05) is 42.6 Å². The molecule has 0 spiro atoms. The molecule has 2 amide bonds. The van der Waals surface area contributed by atoms with Gasteiger partial charge in [0, 0.05) is 44.7 Å². The van der Waals surface area contributed by atoms with Crippen LogP contribution in [0.25, 0.3) is 0 Å². The van der Waals surface area contributed by atoms with Crippen molar-refractivity contribution < 1.29 is 22.4 Å². The molecule has 0 aromatic heterocycles. The van der Waals surface area contributed by atoms with Crippen molar-refractivity contribution in [3.05, 3.63) is 30.1 Å². The molecule has 10 heteroatoms. The van der Waals surface area contributed by atoms with E-state index in [9.17, 15) is 22.4 Å². The van der Waals surface area contributed by atoms with Crippen molar-refractivity contribution in [3.8, 4) is 0 Å². The van der Waals surface area contributed by atoms with Gasteiger partial charge in [-0.25, -0.2) is 17.8 Å². The number of amides is 2. The molecule has 1 atom stereocenters. The summed E-state index contributed by atoms with van der Waals surface area (Å²) < 4.78 is 36.6. The molecular formula is C19H23FN4O4S. The van der Waals surface area contributed by atoms with E-state index >= 15 is 0 Å². The third kappa shape index (κ3) is 4.26. The summed E-state index contributed by atoms with van der Waals surface area (Å²) in [6.07, 6.45) is 0.790. The standard InChI is InChI=1S/C19H23FN4O4S/c20-14-1-3-15(4-2-14)22-8-10-23(11-9-22)19(26)17-5-6-18(25)24(21-17)16-7-12-29(27,28)13-16/h1-4,16H,5-13H2/t16-/m0/s1. The number of sulfone groups is 1. The molecule has 4 rings (SSSR count). The van der Waals surface area contributed by atoms with Gasteiger partial charge in [0.15, 0.2) is 9.84 Å². The van der Waals surface area contributed by atoms with E-state index in [0.717, 1.165) is 5.69 Å². The Morgan fingerprint density at radius 3 is 2.38 bits per heavy atom. The number of halogens is 1. The lowest BCUT2D eigenvalue weighted by molar-refractivity contribution is -0.134. The summed E-state index contributed by atoms with van der Waals surface area (Å²) in [5.74, 6) is -0.773. The molecule has 0 bridgehead atoms. The Morgan fingerprint density at radius 2 is 1.76 bits per heavy atom. The average molecular weight is 422 g/mol. The van der Waals surface area contributed by atoms with Crippen LogP contribution in [0.4, 0.5) is 10.1 Å². The first-order valence-corrected chi connectivity index (χ1v) is 11.5. The summed E-state index contributed by atoms with van der Waals surface area (Å²) in [5.41, 5.74) is 1.22. The number of anilines is 1. The van der Waals surface area contributed by atoms with E-state index in [0.29, 0.717) is 38.3 Å². The van der Waals surface area contributed by atoms with Gasteiger partial charge < -0.3 is 9.80 Å². The molecule has 2 saturated heterocycles. The van der Waals surface area contributed by atoms with Crippen molar-refractivity contribution >= 4 is 33.1 Å². The topological polar surface area (TPSA) is 90.4 Å². The minimum atomic E-state index is -3.15. The molecule has 1 aromatic carbocycles. The van der Waals surface area contributed by atoms with Crippen molar-refractivity contribution in [1.29, 1.82) is 0 Å². The largest absolute Gasteiger partial charge is 0.368 e. The highest BCUT2D eigenvalue weighted by Gasteiger charge is 2.38. The van der Waals surface area contributed by atoms with Crippen LogP contribution >= 0.6 is 0 Å². The quantitative estimate of drug-likeness (QED) is 0.713. The second-order valence-corrected chi connectivity index (χ2v) is 9.83. The van der Waals surface area contributed by atoms with Crippen molar-refractivity contribution in [2.45, 2.75) is 25.3 Å². The highest BCUT2D eigenvalue weighted by molar-refractivity contribution is 7.91. The maximum atomic E-state index is 13.1. The lowest BCUT2D eigenvalue weighted by atomic mass is 10.1. The first-order chi connectivity index (χ1) is 13.8. The van der Waals surface area contributed by atoms with Crippen LogP contribution in [-0.2, 0) is 19.4 Å². The number of nitrogens with zero attached hydrogens (tertiary/aromatic N) is 4. The van der Waals surface area contributed by atoms with Crippen LogP contribution in [0.5, 0.6) is 0 Å². The Kier molecular flexibility index (Phi) is 5.28.